The number of aliphatic hydroxyl groups is 1. The van der Waals surface area contributed by atoms with E-state index in [-0.39, 0.29) is 11.4 Å². The highest BCUT2D eigenvalue weighted by Gasteiger charge is 2.23. The monoisotopic (exact) mass is 286 g/mol. The summed E-state index contributed by atoms with van der Waals surface area (Å²) in [4.78, 5) is 1.37. The molecule has 0 bridgehead atoms. The molecule has 2 atom stereocenters. The summed E-state index contributed by atoms with van der Waals surface area (Å²) < 4.78 is 22.7. The first-order chi connectivity index (χ1) is 8.47. The summed E-state index contributed by atoms with van der Waals surface area (Å²) in [7, 11) is -3.12. The quantitative estimate of drug-likeness (QED) is 0.927. The smallest absolute Gasteiger partial charge is 0.175 e. The minimum Gasteiger partial charge on any atom is -0.392 e. The van der Waals surface area contributed by atoms with Gasteiger partial charge in [-0.2, -0.15) is 0 Å². The van der Waals surface area contributed by atoms with E-state index in [1.807, 2.05) is 12.1 Å². The summed E-state index contributed by atoms with van der Waals surface area (Å²) in [5.74, 6) is 0. The fourth-order valence-electron chi connectivity index (χ4n) is 2.15. The number of thioether (sulfide) groups is 1. The van der Waals surface area contributed by atoms with Gasteiger partial charge in [0.05, 0.1) is 11.0 Å². The van der Waals surface area contributed by atoms with Crippen LogP contribution in [-0.2, 0) is 9.84 Å². The predicted octanol–water partition coefficient (Wildman–Crippen LogP) is 2.49. The molecule has 0 saturated heterocycles. The van der Waals surface area contributed by atoms with Gasteiger partial charge in [0.1, 0.15) is 0 Å². The van der Waals surface area contributed by atoms with Crippen LogP contribution in [0.1, 0.15) is 25.7 Å². The first-order valence-electron chi connectivity index (χ1n) is 6.11. The van der Waals surface area contributed by atoms with Crippen LogP contribution in [0.5, 0.6) is 0 Å². The summed E-state index contributed by atoms with van der Waals surface area (Å²) in [6, 6.07) is 6.91. The molecule has 1 N–H and O–H groups in total. The van der Waals surface area contributed by atoms with Crippen LogP contribution in [0.4, 0.5) is 0 Å². The van der Waals surface area contributed by atoms with E-state index >= 15 is 0 Å². The molecule has 0 heterocycles. The SMILES string of the molecule is CS(=O)(=O)c1ccc(SC2CCCCC2O)cc1. The number of aliphatic hydroxyl groups excluding tert-OH is 1. The van der Waals surface area contributed by atoms with Gasteiger partial charge in [0.15, 0.2) is 9.84 Å². The number of hydrogen-bond acceptors (Lipinski definition) is 4. The van der Waals surface area contributed by atoms with Crippen LogP contribution in [0.25, 0.3) is 0 Å². The highest BCUT2D eigenvalue weighted by molar-refractivity contribution is 8.00. The summed E-state index contributed by atoms with van der Waals surface area (Å²) in [5.41, 5.74) is 0. The number of sulfone groups is 1. The van der Waals surface area contributed by atoms with Gasteiger partial charge in [-0.1, -0.05) is 12.8 Å². The Bertz CT molecular complexity index is 493. The van der Waals surface area contributed by atoms with E-state index in [1.54, 1.807) is 23.9 Å². The van der Waals surface area contributed by atoms with Gasteiger partial charge in [0, 0.05) is 16.4 Å². The lowest BCUT2D eigenvalue weighted by Gasteiger charge is -2.26. The van der Waals surface area contributed by atoms with Crippen molar-refractivity contribution in [3.63, 3.8) is 0 Å². The maximum absolute atomic E-state index is 11.3. The highest BCUT2D eigenvalue weighted by Crippen LogP contribution is 2.34. The van der Waals surface area contributed by atoms with Crippen molar-refractivity contribution in [2.24, 2.45) is 0 Å². The van der Waals surface area contributed by atoms with Crippen molar-refractivity contribution in [2.75, 3.05) is 6.26 Å². The number of benzene rings is 1. The third-order valence-electron chi connectivity index (χ3n) is 3.21. The van der Waals surface area contributed by atoms with Gasteiger partial charge in [-0.25, -0.2) is 8.42 Å². The molecule has 2 rings (SSSR count). The van der Waals surface area contributed by atoms with Crippen molar-refractivity contribution in [1.29, 1.82) is 0 Å². The van der Waals surface area contributed by atoms with Crippen LogP contribution in [0.15, 0.2) is 34.1 Å². The van der Waals surface area contributed by atoms with E-state index in [2.05, 4.69) is 0 Å². The van der Waals surface area contributed by atoms with Crippen LogP contribution < -0.4 is 0 Å². The zero-order chi connectivity index (χ0) is 13.2. The zero-order valence-electron chi connectivity index (χ0n) is 10.4. The fourth-order valence-corrected chi connectivity index (χ4v) is 4.01. The molecule has 0 radical (unpaired) electrons. The maximum Gasteiger partial charge on any atom is 0.175 e. The Balaban J connectivity index is 2.06. The average Bonchev–Trinajstić information content (AvgIpc) is 2.32. The molecule has 2 unspecified atom stereocenters. The Hall–Kier alpha value is -0.520. The van der Waals surface area contributed by atoms with Gasteiger partial charge in [-0.3, -0.25) is 0 Å². The van der Waals surface area contributed by atoms with Crippen LogP contribution in [-0.4, -0.2) is 31.1 Å². The molecule has 3 nitrogen and oxygen atoms in total. The highest BCUT2D eigenvalue weighted by atomic mass is 32.2. The van der Waals surface area contributed by atoms with E-state index < -0.39 is 9.84 Å². The minimum absolute atomic E-state index is 0.238. The van der Waals surface area contributed by atoms with E-state index in [4.69, 9.17) is 0 Å². The molecule has 0 spiro atoms. The van der Waals surface area contributed by atoms with Crippen LogP contribution in [0.3, 0.4) is 0 Å². The van der Waals surface area contributed by atoms with Crippen LogP contribution >= 0.6 is 11.8 Å². The van der Waals surface area contributed by atoms with Gasteiger partial charge in [0.2, 0.25) is 0 Å². The van der Waals surface area contributed by atoms with E-state index in [1.165, 1.54) is 6.26 Å². The predicted molar refractivity (Wildman–Crippen MR) is 73.7 cm³/mol. The van der Waals surface area contributed by atoms with Gasteiger partial charge in [-0.15, -0.1) is 11.8 Å². The van der Waals surface area contributed by atoms with Crippen molar-refractivity contribution >= 4 is 21.6 Å². The van der Waals surface area contributed by atoms with Crippen LogP contribution in [0, 0.1) is 0 Å². The molecule has 1 aromatic rings. The lowest BCUT2D eigenvalue weighted by Crippen LogP contribution is -2.26. The lowest BCUT2D eigenvalue weighted by molar-refractivity contribution is 0.137. The van der Waals surface area contributed by atoms with Gasteiger partial charge < -0.3 is 5.11 Å². The fraction of sp³-hybridized carbons (Fsp3) is 0.538. The summed E-state index contributed by atoms with van der Waals surface area (Å²) in [5, 5.41) is 10.1. The topological polar surface area (TPSA) is 54.4 Å². The lowest BCUT2D eigenvalue weighted by atomic mass is 9.97. The molecule has 1 fully saturated rings. The molecular formula is C13H18O3S2. The second-order valence-electron chi connectivity index (χ2n) is 4.75. The summed E-state index contributed by atoms with van der Waals surface area (Å²) in [6.45, 7) is 0. The summed E-state index contributed by atoms with van der Waals surface area (Å²) >= 11 is 1.65. The largest absolute Gasteiger partial charge is 0.392 e. The maximum atomic E-state index is 11.3. The Labute approximate surface area is 113 Å². The van der Waals surface area contributed by atoms with Crippen molar-refractivity contribution in [3.05, 3.63) is 24.3 Å². The molecule has 1 aliphatic rings. The number of rotatable bonds is 3. The van der Waals surface area contributed by atoms with Crippen molar-refractivity contribution in [1.82, 2.24) is 0 Å². The zero-order valence-corrected chi connectivity index (χ0v) is 12.0. The molecule has 1 aliphatic carbocycles. The standard InChI is InChI=1S/C13H18O3S2/c1-18(15,16)11-8-6-10(7-9-11)17-13-5-3-2-4-12(13)14/h6-9,12-14H,2-5H2,1H3. The third-order valence-corrected chi connectivity index (χ3v) is 5.73. The Morgan fingerprint density at radius 1 is 1.17 bits per heavy atom. The molecule has 0 aromatic heterocycles. The second kappa shape index (κ2) is 5.63. The normalized spacial score (nSPS) is 25.0. The molecule has 0 amide bonds. The van der Waals surface area contributed by atoms with E-state index in [9.17, 15) is 13.5 Å². The third kappa shape index (κ3) is 3.49. The molecule has 100 valence electrons. The molecule has 0 aliphatic heterocycles. The Kier molecular flexibility index (Phi) is 4.35. The van der Waals surface area contributed by atoms with E-state index in [0.717, 1.165) is 30.6 Å². The Morgan fingerprint density at radius 2 is 1.78 bits per heavy atom. The van der Waals surface area contributed by atoms with Gasteiger partial charge in [0.25, 0.3) is 0 Å². The molecule has 18 heavy (non-hydrogen) atoms. The van der Waals surface area contributed by atoms with Gasteiger partial charge >= 0.3 is 0 Å². The average molecular weight is 286 g/mol. The minimum atomic E-state index is -3.12. The van der Waals surface area contributed by atoms with Crippen molar-refractivity contribution in [3.8, 4) is 0 Å². The Morgan fingerprint density at radius 3 is 2.33 bits per heavy atom. The second-order valence-corrected chi connectivity index (χ2v) is 8.08. The van der Waals surface area contributed by atoms with Crippen LogP contribution in [0.2, 0.25) is 0 Å². The molecular weight excluding hydrogens is 268 g/mol. The van der Waals surface area contributed by atoms with Gasteiger partial charge in [-0.05, 0) is 37.1 Å². The first kappa shape index (κ1) is 13.9. The van der Waals surface area contributed by atoms with E-state index in [0.29, 0.717) is 4.90 Å². The number of hydrogen-bond donors (Lipinski definition) is 1. The van der Waals surface area contributed by atoms with Crippen molar-refractivity contribution in [2.45, 2.75) is 46.8 Å². The molecule has 1 aromatic carbocycles. The summed E-state index contributed by atoms with van der Waals surface area (Å²) in [6.07, 6.45) is 5.14. The molecule has 5 heteroatoms. The van der Waals surface area contributed by atoms with Crippen molar-refractivity contribution < 1.29 is 13.5 Å². The first-order valence-corrected chi connectivity index (χ1v) is 8.89. The molecule has 1 saturated carbocycles.